The number of carbonyl (C=O) groups excluding carboxylic acids is 1. The van der Waals surface area contributed by atoms with Gasteiger partial charge in [0.05, 0.1) is 6.54 Å². The maximum Gasteiger partial charge on any atom is 0.238 e. The van der Waals surface area contributed by atoms with Gasteiger partial charge in [0, 0.05) is 49.1 Å². The minimum atomic E-state index is -0.0288. The van der Waals surface area contributed by atoms with E-state index < -0.39 is 0 Å². The lowest BCUT2D eigenvalue weighted by atomic mass is 10.2. The Kier molecular flexibility index (Phi) is 7.31. The highest BCUT2D eigenvalue weighted by Gasteiger charge is 2.16. The summed E-state index contributed by atoms with van der Waals surface area (Å²) in [5.41, 5.74) is 3.06. The Hall–Kier alpha value is -2.08. The first kappa shape index (κ1) is 20.6. The van der Waals surface area contributed by atoms with E-state index in [4.69, 9.17) is 11.6 Å². The highest BCUT2D eigenvalue weighted by Crippen LogP contribution is 2.20. The average Bonchev–Trinajstić information content (AvgIpc) is 2.70. The largest absolute Gasteiger partial charge is 0.369 e. The summed E-state index contributed by atoms with van der Waals surface area (Å²) in [5, 5.41) is 3.71. The minimum Gasteiger partial charge on any atom is -0.369 e. The third-order valence-corrected chi connectivity index (χ3v) is 5.52. The van der Waals surface area contributed by atoms with Crippen LogP contribution in [0.15, 0.2) is 48.5 Å². The van der Waals surface area contributed by atoms with Gasteiger partial charge in [0.15, 0.2) is 0 Å². The van der Waals surface area contributed by atoms with Crippen molar-refractivity contribution in [3.05, 3.63) is 59.1 Å². The number of likely N-dealkylation sites (N-methyl/N-ethyl adjacent to an activating group) is 2. The van der Waals surface area contributed by atoms with Gasteiger partial charge >= 0.3 is 0 Å². The standard InChI is InChI=1S/C22H29ClN4O/c1-3-26-12-14-27(15-13-26)20-10-8-19(9-11-20)24-22(28)17-25(2)16-18-6-4-5-7-21(18)23/h4-11H,3,12-17H2,1-2H3,(H,24,28). The number of hydrogen-bond acceptors (Lipinski definition) is 4. The van der Waals surface area contributed by atoms with Crippen LogP contribution in [0.5, 0.6) is 0 Å². The molecule has 0 bridgehead atoms. The van der Waals surface area contributed by atoms with Crippen LogP contribution in [0.25, 0.3) is 0 Å². The van der Waals surface area contributed by atoms with Gasteiger partial charge in [-0.05, 0) is 49.5 Å². The van der Waals surface area contributed by atoms with E-state index in [1.807, 2.05) is 48.3 Å². The summed E-state index contributed by atoms with van der Waals surface area (Å²) in [6.45, 7) is 8.57. The molecule has 0 unspecified atom stereocenters. The number of nitrogens with zero attached hydrogens (tertiary/aromatic N) is 3. The van der Waals surface area contributed by atoms with Crippen LogP contribution in [-0.2, 0) is 11.3 Å². The second-order valence-electron chi connectivity index (χ2n) is 7.28. The zero-order chi connectivity index (χ0) is 19.9. The van der Waals surface area contributed by atoms with E-state index in [0.29, 0.717) is 13.1 Å². The smallest absolute Gasteiger partial charge is 0.238 e. The third-order valence-electron chi connectivity index (χ3n) is 5.15. The molecular formula is C22H29ClN4O. The second kappa shape index (κ2) is 9.92. The van der Waals surface area contributed by atoms with Crippen LogP contribution in [-0.4, -0.2) is 62.0 Å². The molecule has 0 aliphatic carbocycles. The van der Waals surface area contributed by atoms with Crippen molar-refractivity contribution in [1.29, 1.82) is 0 Å². The predicted molar refractivity (Wildman–Crippen MR) is 117 cm³/mol. The number of piperazine rings is 1. The van der Waals surface area contributed by atoms with Crippen LogP contribution in [0.4, 0.5) is 11.4 Å². The fraction of sp³-hybridized carbons (Fsp3) is 0.409. The molecule has 6 heteroatoms. The van der Waals surface area contributed by atoms with Gasteiger partial charge < -0.3 is 15.1 Å². The lowest BCUT2D eigenvalue weighted by Gasteiger charge is -2.35. The van der Waals surface area contributed by atoms with Crippen molar-refractivity contribution >= 4 is 28.9 Å². The van der Waals surface area contributed by atoms with E-state index in [-0.39, 0.29) is 5.91 Å². The normalized spacial score (nSPS) is 15.1. The first-order valence-electron chi connectivity index (χ1n) is 9.84. The first-order chi connectivity index (χ1) is 13.5. The van der Waals surface area contributed by atoms with Gasteiger partial charge in [-0.3, -0.25) is 9.69 Å². The van der Waals surface area contributed by atoms with Crippen LogP contribution < -0.4 is 10.2 Å². The number of benzene rings is 2. The van der Waals surface area contributed by atoms with E-state index in [0.717, 1.165) is 49.0 Å². The Morgan fingerprint density at radius 2 is 1.75 bits per heavy atom. The fourth-order valence-electron chi connectivity index (χ4n) is 3.50. The van der Waals surface area contributed by atoms with Crippen LogP contribution >= 0.6 is 11.6 Å². The number of amides is 1. The zero-order valence-corrected chi connectivity index (χ0v) is 17.5. The SMILES string of the molecule is CCN1CCN(c2ccc(NC(=O)CN(C)Cc3ccccc3Cl)cc2)CC1. The molecule has 0 spiro atoms. The van der Waals surface area contributed by atoms with Gasteiger partial charge in [-0.1, -0.05) is 36.7 Å². The van der Waals surface area contributed by atoms with E-state index in [2.05, 4.69) is 34.2 Å². The van der Waals surface area contributed by atoms with Crippen molar-refractivity contribution in [3.63, 3.8) is 0 Å². The Balaban J connectivity index is 1.48. The topological polar surface area (TPSA) is 38.8 Å². The van der Waals surface area contributed by atoms with Crippen LogP contribution in [0.2, 0.25) is 5.02 Å². The molecule has 3 rings (SSSR count). The Morgan fingerprint density at radius 3 is 2.39 bits per heavy atom. The molecular weight excluding hydrogens is 372 g/mol. The fourth-order valence-corrected chi connectivity index (χ4v) is 3.69. The average molecular weight is 401 g/mol. The number of hydrogen-bond donors (Lipinski definition) is 1. The molecule has 2 aromatic carbocycles. The predicted octanol–water partition coefficient (Wildman–Crippen LogP) is 3.55. The summed E-state index contributed by atoms with van der Waals surface area (Å²) in [6.07, 6.45) is 0. The Bertz CT molecular complexity index is 772. The van der Waals surface area contributed by atoms with Gasteiger partial charge in [0.2, 0.25) is 5.91 Å². The minimum absolute atomic E-state index is 0.0288. The maximum atomic E-state index is 12.4. The molecule has 0 atom stereocenters. The van der Waals surface area contributed by atoms with Crippen molar-refractivity contribution < 1.29 is 4.79 Å². The zero-order valence-electron chi connectivity index (χ0n) is 16.7. The molecule has 1 heterocycles. The van der Waals surface area contributed by atoms with E-state index in [1.165, 1.54) is 5.69 Å². The van der Waals surface area contributed by atoms with Crippen molar-refractivity contribution in [3.8, 4) is 0 Å². The first-order valence-corrected chi connectivity index (χ1v) is 10.2. The molecule has 0 radical (unpaired) electrons. The highest BCUT2D eigenvalue weighted by atomic mass is 35.5. The number of halogens is 1. The molecule has 1 aliphatic heterocycles. The number of rotatable bonds is 7. The summed E-state index contributed by atoms with van der Waals surface area (Å²) < 4.78 is 0. The monoisotopic (exact) mass is 400 g/mol. The quantitative estimate of drug-likeness (QED) is 0.771. The Morgan fingerprint density at radius 1 is 1.07 bits per heavy atom. The van der Waals surface area contributed by atoms with Gasteiger partial charge in [-0.2, -0.15) is 0 Å². The molecule has 5 nitrogen and oxygen atoms in total. The molecule has 2 aromatic rings. The van der Waals surface area contributed by atoms with Crippen LogP contribution in [0.3, 0.4) is 0 Å². The Labute approximate surface area is 172 Å². The van der Waals surface area contributed by atoms with E-state index in [9.17, 15) is 4.79 Å². The van der Waals surface area contributed by atoms with Crippen molar-refractivity contribution in [2.24, 2.45) is 0 Å². The summed E-state index contributed by atoms with van der Waals surface area (Å²) >= 11 is 6.20. The molecule has 150 valence electrons. The van der Waals surface area contributed by atoms with E-state index in [1.54, 1.807) is 0 Å². The van der Waals surface area contributed by atoms with Crippen molar-refractivity contribution in [1.82, 2.24) is 9.80 Å². The maximum absolute atomic E-state index is 12.4. The van der Waals surface area contributed by atoms with E-state index >= 15 is 0 Å². The molecule has 1 N–H and O–H groups in total. The van der Waals surface area contributed by atoms with Gasteiger partial charge in [0.1, 0.15) is 0 Å². The molecule has 0 aromatic heterocycles. The number of nitrogens with one attached hydrogen (secondary N) is 1. The summed E-state index contributed by atoms with van der Waals surface area (Å²) in [7, 11) is 1.92. The van der Waals surface area contributed by atoms with Crippen LogP contribution in [0, 0.1) is 0 Å². The van der Waals surface area contributed by atoms with Crippen LogP contribution in [0.1, 0.15) is 12.5 Å². The lowest BCUT2D eigenvalue weighted by molar-refractivity contribution is -0.117. The molecule has 1 aliphatic rings. The summed E-state index contributed by atoms with van der Waals surface area (Å²) in [4.78, 5) is 19.2. The van der Waals surface area contributed by atoms with Crippen molar-refractivity contribution in [2.45, 2.75) is 13.5 Å². The third kappa shape index (κ3) is 5.71. The van der Waals surface area contributed by atoms with Gasteiger partial charge in [-0.25, -0.2) is 0 Å². The molecule has 1 saturated heterocycles. The highest BCUT2D eigenvalue weighted by molar-refractivity contribution is 6.31. The molecule has 28 heavy (non-hydrogen) atoms. The lowest BCUT2D eigenvalue weighted by Crippen LogP contribution is -2.46. The number of carbonyl (C=O) groups is 1. The van der Waals surface area contributed by atoms with Gasteiger partial charge in [-0.15, -0.1) is 0 Å². The summed E-state index contributed by atoms with van der Waals surface area (Å²) in [6, 6.07) is 15.9. The molecule has 1 fully saturated rings. The van der Waals surface area contributed by atoms with Crippen molar-refractivity contribution in [2.75, 3.05) is 56.5 Å². The summed E-state index contributed by atoms with van der Waals surface area (Å²) in [5.74, 6) is -0.0288. The van der Waals surface area contributed by atoms with Gasteiger partial charge in [0.25, 0.3) is 0 Å². The number of anilines is 2. The molecule has 1 amide bonds. The molecule has 0 saturated carbocycles. The second-order valence-corrected chi connectivity index (χ2v) is 7.69.